The van der Waals surface area contributed by atoms with Crippen LogP contribution in [0.15, 0.2) is 18.2 Å². The van der Waals surface area contributed by atoms with Crippen molar-refractivity contribution in [1.29, 1.82) is 5.26 Å². The summed E-state index contributed by atoms with van der Waals surface area (Å²) >= 11 is 0. The predicted molar refractivity (Wildman–Crippen MR) is 139 cm³/mol. The third-order valence-corrected chi connectivity index (χ3v) is 8.61. The lowest BCUT2D eigenvalue weighted by Gasteiger charge is -2.43. The fourth-order valence-electron chi connectivity index (χ4n) is 6.25. The molecule has 1 aromatic carbocycles. The lowest BCUT2D eigenvalue weighted by Crippen LogP contribution is -2.52. The number of ketones is 1. The molecular weight excluding hydrogens is 488 g/mol. The minimum Gasteiger partial charge on any atom is -0.458 e. The summed E-state index contributed by atoms with van der Waals surface area (Å²) in [7, 11) is 0. The molecule has 8 heteroatoms. The summed E-state index contributed by atoms with van der Waals surface area (Å²) in [5, 5.41) is 13.7. The predicted octanol–water partition coefficient (Wildman–Crippen LogP) is 5.65. The molecule has 1 aliphatic carbocycles. The largest absolute Gasteiger partial charge is 0.458 e. The van der Waals surface area contributed by atoms with Crippen LogP contribution >= 0.6 is 0 Å². The summed E-state index contributed by atoms with van der Waals surface area (Å²) in [5.41, 5.74) is 1.50. The minimum absolute atomic E-state index is 0.0915. The average molecular weight is 526 g/mol. The van der Waals surface area contributed by atoms with Crippen LogP contribution in [0.25, 0.3) is 0 Å². The van der Waals surface area contributed by atoms with E-state index in [0.29, 0.717) is 24.1 Å². The Kier molecular flexibility index (Phi) is 8.06. The second-order valence-corrected chi connectivity index (χ2v) is 11.5. The first-order valence-corrected chi connectivity index (χ1v) is 13.6. The summed E-state index contributed by atoms with van der Waals surface area (Å²) < 4.78 is 35.6. The topological polar surface area (TPSA) is 85.0 Å². The smallest absolute Gasteiger partial charge is 0.317 e. The number of cyclic esters (lactones) is 1. The fourth-order valence-corrected chi connectivity index (χ4v) is 6.25. The van der Waals surface area contributed by atoms with E-state index in [2.05, 4.69) is 11.2 Å². The van der Waals surface area contributed by atoms with Crippen LogP contribution in [0.3, 0.4) is 0 Å². The number of hydrogen-bond donors (Lipinski definition) is 0. The number of benzene rings is 1. The maximum Gasteiger partial charge on any atom is 0.317 e. The van der Waals surface area contributed by atoms with Crippen molar-refractivity contribution < 1.29 is 23.1 Å². The van der Waals surface area contributed by atoms with Gasteiger partial charge in [0.2, 0.25) is 0 Å². The molecule has 2 unspecified atom stereocenters. The average Bonchev–Trinajstić information content (AvgIpc) is 3.50. The lowest BCUT2D eigenvalue weighted by atomic mass is 9.73. The second-order valence-electron chi connectivity index (χ2n) is 11.5. The van der Waals surface area contributed by atoms with E-state index in [1.807, 2.05) is 13.0 Å². The van der Waals surface area contributed by atoms with Crippen molar-refractivity contribution in [2.45, 2.75) is 96.6 Å². The van der Waals surface area contributed by atoms with Crippen LogP contribution in [-0.2, 0) is 39.1 Å². The van der Waals surface area contributed by atoms with Crippen molar-refractivity contribution in [2.75, 3.05) is 6.67 Å². The molecule has 4 rings (SSSR count). The van der Waals surface area contributed by atoms with Crippen LogP contribution in [0.1, 0.15) is 80.5 Å². The molecule has 1 saturated heterocycles. The third-order valence-electron chi connectivity index (χ3n) is 8.61. The normalized spacial score (nSPS) is 22.5. The number of alkyl halides is 1. The van der Waals surface area contributed by atoms with Gasteiger partial charge in [-0.15, -0.1) is 0 Å². The molecule has 0 amide bonds. The van der Waals surface area contributed by atoms with Gasteiger partial charge in [-0.2, -0.15) is 10.4 Å². The molecule has 0 radical (unpaired) electrons. The zero-order valence-corrected chi connectivity index (χ0v) is 22.8. The van der Waals surface area contributed by atoms with Crippen molar-refractivity contribution in [3.8, 4) is 6.07 Å². The van der Waals surface area contributed by atoms with Gasteiger partial charge in [0.25, 0.3) is 0 Å². The van der Waals surface area contributed by atoms with Crippen LogP contribution in [-0.4, -0.2) is 33.8 Å². The summed E-state index contributed by atoms with van der Waals surface area (Å²) in [4.78, 5) is 26.9. The molecule has 1 aliphatic heterocycles. The van der Waals surface area contributed by atoms with E-state index < -0.39 is 35.4 Å². The van der Waals surface area contributed by atoms with E-state index in [0.717, 1.165) is 42.5 Å². The molecule has 1 aromatic heterocycles. The number of esters is 1. The number of Topliss-reactive ketones (excluding diaryl/α,β-unsaturated/α-hetero) is 1. The Morgan fingerprint density at radius 3 is 2.55 bits per heavy atom. The third kappa shape index (κ3) is 5.39. The van der Waals surface area contributed by atoms with Crippen LogP contribution in [0.5, 0.6) is 0 Å². The van der Waals surface area contributed by atoms with Crippen molar-refractivity contribution in [3.05, 3.63) is 52.1 Å². The minimum atomic E-state index is -0.937. The van der Waals surface area contributed by atoms with Crippen LogP contribution in [0.4, 0.5) is 8.78 Å². The molecule has 2 fully saturated rings. The van der Waals surface area contributed by atoms with E-state index in [1.165, 1.54) is 6.07 Å². The maximum absolute atomic E-state index is 14.9. The van der Waals surface area contributed by atoms with Gasteiger partial charge in [0.15, 0.2) is 5.78 Å². The number of nitriles is 1. The Labute approximate surface area is 223 Å². The van der Waals surface area contributed by atoms with Crippen molar-refractivity contribution >= 4 is 11.8 Å². The van der Waals surface area contributed by atoms with Gasteiger partial charge in [-0.05, 0) is 82.9 Å². The quantitative estimate of drug-likeness (QED) is 0.312. The number of aryl methyl sites for hydroxylation is 3. The van der Waals surface area contributed by atoms with E-state index in [1.54, 1.807) is 31.5 Å². The molecule has 0 bridgehead atoms. The van der Waals surface area contributed by atoms with Crippen molar-refractivity contribution in [3.63, 3.8) is 0 Å². The number of rotatable bonds is 9. The molecule has 1 saturated carbocycles. The number of halogens is 2. The van der Waals surface area contributed by atoms with Crippen molar-refractivity contribution in [2.24, 2.45) is 11.8 Å². The molecule has 2 heterocycles. The standard InChI is InChI=1S/C30H37F2N3O3/c1-19-23(20(2)35(34-19)14-13-31)16-24-27(36)17-30(38-28(24)37,22-7-5-6-8-22)12-11-21-9-10-25(26(32)15-21)29(3,4)18-33/h9-10,15,22,24H,5-8,11-14,16-17H2,1-4H3. The molecule has 0 N–H and O–H groups in total. The van der Waals surface area contributed by atoms with Gasteiger partial charge in [0.1, 0.15) is 24.0 Å². The molecule has 6 nitrogen and oxygen atoms in total. The number of hydrogen-bond acceptors (Lipinski definition) is 5. The van der Waals surface area contributed by atoms with Gasteiger partial charge in [-0.1, -0.05) is 25.0 Å². The van der Waals surface area contributed by atoms with Crippen LogP contribution < -0.4 is 0 Å². The second kappa shape index (κ2) is 11.0. The van der Waals surface area contributed by atoms with Gasteiger partial charge in [0, 0.05) is 17.7 Å². The monoisotopic (exact) mass is 525 g/mol. The van der Waals surface area contributed by atoms with Gasteiger partial charge in [-0.25, -0.2) is 8.78 Å². The highest BCUT2D eigenvalue weighted by molar-refractivity contribution is 6.02. The Morgan fingerprint density at radius 1 is 1.24 bits per heavy atom. The summed E-state index contributed by atoms with van der Waals surface area (Å²) in [6.45, 7) is 6.58. The number of carbonyl (C=O) groups is 2. The molecule has 2 aromatic rings. The highest BCUT2D eigenvalue weighted by atomic mass is 19.1. The molecule has 38 heavy (non-hydrogen) atoms. The van der Waals surface area contributed by atoms with Gasteiger partial charge in [-0.3, -0.25) is 14.3 Å². The van der Waals surface area contributed by atoms with E-state index in [-0.39, 0.29) is 31.1 Å². The zero-order valence-electron chi connectivity index (χ0n) is 22.8. The Morgan fingerprint density at radius 2 is 1.95 bits per heavy atom. The van der Waals surface area contributed by atoms with Gasteiger partial charge in [0.05, 0.1) is 23.7 Å². The Balaban J connectivity index is 1.54. The number of aromatic nitrogens is 2. The first kappa shape index (κ1) is 27.9. The number of carbonyl (C=O) groups excluding carboxylic acids is 2. The summed E-state index contributed by atoms with van der Waals surface area (Å²) in [6, 6.07) is 7.05. The summed E-state index contributed by atoms with van der Waals surface area (Å²) in [5.74, 6) is -1.89. The molecule has 2 aliphatic rings. The highest BCUT2D eigenvalue weighted by Crippen LogP contribution is 2.45. The Hall–Kier alpha value is -3.08. The fraction of sp³-hybridized carbons (Fsp3) is 0.600. The van der Waals surface area contributed by atoms with Gasteiger partial charge >= 0.3 is 5.97 Å². The number of ether oxygens (including phenoxy) is 1. The van der Waals surface area contributed by atoms with E-state index in [4.69, 9.17) is 4.74 Å². The molecule has 0 spiro atoms. The van der Waals surface area contributed by atoms with E-state index in [9.17, 15) is 23.6 Å². The zero-order chi connectivity index (χ0) is 27.7. The SMILES string of the molecule is Cc1nn(CCF)c(C)c1CC1C(=O)CC(CCc2ccc(C(C)(C)C#N)c(F)c2)(C2CCCC2)OC1=O. The maximum atomic E-state index is 14.9. The lowest BCUT2D eigenvalue weighted by molar-refractivity contribution is -0.185. The first-order valence-electron chi connectivity index (χ1n) is 13.6. The summed E-state index contributed by atoms with van der Waals surface area (Å²) in [6.07, 6.45) is 5.08. The Bertz CT molecular complexity index is 1240. The first-order chi connectivity index (χ1) is 18.0. The van der Waals surface area contributed by atoms with Crippen LogP contribution in [0.2, 0.25) is 0 Å². The van der Waals surface area contributed by atoms with Gasteiger partial charge < -0.3 is 4.74 Å². The van der Waals surface area contributed by atoms with Crippen LogP contribution in [0, 0.1) is 42.8 Å². The molecule has 2 atom stereocenters. The van der Waals surface area contributed by atoms with E-state index >= 15 is 0 Å². The number of nitrogens with zero attached hydrogens (tertiary/aromatic N) is 3. The highest BCUT2D eigenvalue weighted by Gasteiger charge is 2.51. The molecular formula is C30H37F2N3O3. The molecule has 204 valence electrons. The van der Waals surface area contributed by atoms with Crippen molar-refractivity contribution in [1.82, 2.24) is 9.78 Å².